The van der Waals surface area contributed by atoms with Crippen molar-refractivity contribution in [1.29, 1.82) is 0 Å². The molecule has 0 bridgehead atoms. The first-order chi connectivity index (χ1) is 7.95. The number of nitrogens with zero attached hydrogens (tertiary/aromatic N) is 1. The van der Waals surface area contributed by atoms with Gasteiger partial charge in [-0.3, -0.25) is 4.79 Å². The molecule has 0 aromatic heterocycles. The first-order valence-corrected chi connectivity index (χ1v) is 5.78. The van der Waals surface area contributed by atoms with Gasteiger partial charge in [0.1, 0.15) is 5.82 Å². The fourth-order valence-corrected chi connectivity index (χ4v) is 1.40. The van der Waals surface area contributed by atoms with Gasteiger partial charge in [-0.2, -0.15) is 0 Å². The maximum Gasteiger partial charge on any atom is 0.224 e. The number of hydrogen-bond acceptors (Lipinski definition) is 2. The van der Waals surface area contributed by atoms with Crippen molar-refractivity contribution >= 4 is 17.3 Å². The Morgan fingerprint density at radius 3 is 2.59 bits per heavy atom. The number of anilines is 2. The first kappa shape index (κ1) is 13.5. The highest BCUT2D eigenvalue weighted by molar-refractivity contribution is 5.90. The minimum Gasteiger partial charge on any atom is -0.370 e. The van der Waals surface area contributed by atoms with E-state index in [2.05, 4.69) is 5.32 Å². The van der Waals surface area contributed by atoms with Crippen molar-refractivity contribution in [2.24, 2.45) is 0 Å². The number of benzene rings is 1. The monoisotopic (exact) mass is 238 g/mol. The predicted molar refractivity (Wildman–Crippen MR) is 68.9 cm³/mol. The van der Waals surface area contributed by atoms with E-state index in [0.717, 1.165) is 0 Å². The molecule has 94 valence electrons. The lowest BCUT2D eigenvalue weighted by Gasteiger charge is -2.24. The van der Waals surface area contributed by atoms with Crippen LogP contribution in [0.2, 0.25) is 0 Å². The van der Waals surface area contributed by atoms with E-state index >= 15 is 0 Å². The van der Waals surface area contributed by atoms with Gasteiger partial charge in [0, 0.05) is 25.2 Å². The predicted octanol–water partition coefficient (Wildman–Crippen LogP) is 3.02. The van der Waals surface area contributed by atoms with Gasteiger partial charge in [-0.1, -0.05) is 6.92 Å². The van der Waals surface area contributed by atoms with Crippen LogP contribution in [-0.2, 0) is 4.79 Å². The zero-order valence-electron chi connectivity index (χ0n) is 10.7. The summed E-state index contributed by atoms with van der Waals surface area (Å²) in [5, 5.41) is 2.63. The Morgan fingerprint density at radius 1 is 1.47 bits per heavy atom. The Hall–Kier alpha value is -1.58. The molecule has 1 N–H and O–H groups in total. The number of carbonyl (C=O) groups is 1. The second-order valence-corrected chi connectivity index (χ2v) is 4.27. The van der Waals surface area contributed by atoms with Gasteiger partial charge in [-0.05, 0) is 32.0 Å². The zero-order chi connectivity index (χ0) is 13.0. The van der Waals surface area contributed by atoms with Gasteiger partial charge in [0.25, 0.3) is 0 Å². The highest BCUT2D eigenvalue weighted by atomic mass is 19.1. The smallest absolute Gasteiger partial charge is 0.224 e. The minimum atomic E-state index is -0.324. The molecule has 0 aliphatic carbocycles. The van der Waals surface area contributed by atoms with Gasteiger partial charge in [-0.15, -0.1) is 0 Å². The van der Waals surface area contributed by atoms with E-state index in [-0.39, 0.29) is 17.8 Å². The third-order valence-corrected chi connectivity index (χ3v) is 2.71. The SMILES string of the molecule is CCC(=O)Nc1ccc(N(C)C(C)C)c(F)c1. The first-order valence-electron chi connectivity index (χ1n) is 5.78. The van der Waals surface area contributed by atoms with E-state index in [4.69, 9.17) is 0 Å². The summed E-state index contributed by atoms with van der Waals surface area (Å²) in [4.78, 5) is 13.0. The van der Waals surface area contributed by atoms with Gasteiger partial charge in [-0.25, -0.2) is 4.39 Å². The number of carbonyl (C=O) groups excluding carboxylic acids is 1. The summed E-state index contributed by atoms with van der Waals surface area (Å²) in [5.41, 5.74) is 1.03. The number of amides is 1. The van der Waals surface area contributed by atoms with Crippen molar-refractivity contribution in [2.45, 2.75) is 33.2 Å². The number of hydrogen-bond donors (Lipinski definition) is 1. The lowest BCUT2D eigenvalue weighted by molar-refractivity contribution is -0.115. The molecule has 1 rings (SSSR count). The lowest BCUT2D eigenvalue weighted by Crippen LogP contribution is -2.26. The molecule has 17 heavy (non-hydrogen) atoms. The summed E-state index contributed by atoms with van der Waals surface area (Å²) in [6.45, 7) is 5.74. The van der Waals surface area contributed by atoms with E-state index in [1.54, 1.807) is 19.1 Å². The van der Waals surface area contributed by atoms with Crippen LogP contribution in [0.3, 0.4) is 0 Å². The minimum absolute atomic E-state index is 0.116. The number of halogens is 1. The van der Waals surface area contributed by atoms with E-state index < -0.39 is 0 Å². The highest BCUT2D eigenvalue weighted by Gasteiger charge is 2.11. The highest BCUT2D eigenvalue weighted by Crippen LogP contribution is 2.23. The summed E-state index contributed by atoms with van der Waals surface area (Å²) < 4.78 is 13.8. The molecular formula is C13H19FN2O. The molecule has 4 heteroatoms. The van der Waals surface area contributed by atoms with Crippen molar-refractivity contribution in [2.75, 3.05) is 17.3 Å². The second-order valence-electron chi connectivity index (χ2n) is 4.27. The molecule has 1 amide bonds. The van der Waals surface area contributed by atoms with Crippen LogP contribution in [0, 0.1) is 5.82 Å². The van der Waals surface area contributed by atoms with E-state index in [9.17, 15) is 9.18 Å². The van der Waals surface area contributed by atoms with Crippen molar-refractivity contribution in [3.63, 3.8) is 0 Å². The van der Waals surface area contributed by atoms with E-state index in [1.807, 2.05) is 25.8 Å². The zero-order valence-corrected chi connectivity index (χ0v) is 10.7. The van der Waals surface area contributed by atoms with Gasteiger partial charge < -0.3 is 10.2 Å². The van der Waals surface area contributed by atoms with Gasteiger partial charge in [0.05, 0.1) is 5.69 Å². The summed E-state index contributed by atoms with van der Waals surface area (Å²) in [5.74, 6) is -0.440. The largest absolute Gasteiger partial charge is 0.370 e. The fourth-order valence-electron chi connectivity index (χ4n) is 1.40. The van der Waals surface area contributed by atoms with Crippen molar-refractivity contribution in [3.05, 3.63) is 24.0 Å². The lowest BCUT2D eigenvalue weighted by atomic mass is 10.2. The Kier molecular flexibility index (Phi) is 4.49. The van der Waals surface area contributed by atoms with Crippen LogP contribution in [0.4, 0.5) is 15.8 Å². The topological polar surface area (TPSA) is 32.3 Å². The van der Waals surface area contributed by atoms with E-state index in [0.29, 0.717) is 17.8 Å². The summed E-state index contributed by atoms with van der Waals surface area (Å²) in [6, 6.07) is 4.97. The molecule has 0 spiro atoms. The van der Waals surface area contributed by atoms with Crippen molar-refractivity contribution in [1.82, 2.24) is 0 Å². The molecule has 0 radical (unpaired) electrons. The second kappa shape index (κ2) is 5.66. The van der Waals surface area contributed by atoms with Crippen LogP contribution < -0.4 is 10.2 Å². The van der Waals surface area contributed by atoms with Crippen molar-refractivity contribution < 1.29 is 9.18 Å². The average Bonchev–Trinajstić information content (AvgIpc) is 2.28. The van der Waals surface area contributed by atoms with Gasteiger partial charge >= 0.3 is 0 Å². The van der Waals surface area contributed by atoms with Crippen LogP contribution in [-0.4, -0.2) is 19.0 Å². The van der Waals surface area contributed by atoms with Gasteiger partial charge in [0.15, 0.2) is 0 Å². The molecule has 0 aliphatic rings. The third kappa shape index (κ3) is 3.44. The van der Waals surface area contributed by atoms with E-state index in [1.165, 1.54) is 6.07 Å². The molecule has 0 saturated heterocycles. The normalized spacial score (nSPS) is 10.5. The average molecular weight is 238 g/mol. The van der Waals surface area contributed by atoms with Crippen molar-refractivity contribution in [3.8, 4) is 0 Å². The maximum absolute atomic E-state index is 13.8. The van der Waals surface area contributed by atoms with Crippen LogP contribution in [0.5, 0.6) is 0 Å². The summed E-state index contributed by atoms with van der Waals surface area (Å²) in [6.07, 6.45) is 0.384. The van der Waals surface area contributed by atoms with Crippen LogP contribution >= 0.6 is 0 Å². The number of nitrogens with one attached hydrogen (secondary N) is 1. The molecule has 0 aliphatic heterocycles. The summed E-state index contributed by atoms with van der Waals surface area (Å²) in [7, 11) is 1.84. The molecule has 0 fully saturated rings. The third-order valence-electron chi connectivity index (χ3n) is 2.71. The summed E-state index contributed by atoms with van der Waals surface area (Å²) >= 11 is 0. The fraction of sp³-hybridized carbons (Fsp3) is 0.462. The molecular weight excluding hydrogens is 219 g/mol. The van der Waals surface area contributed by atoms with Crippen LogP contribution in [0.15, 0.2) is 18.2 Å². The molecule has 0 atom stereocenters. The Labute approximate surface area is 102 Å². The Morgan fingerprint density at radius 2 is 2.12 bits per heavy atom. The molecule has 1 aromatic rings. The standard InChI is InChI=1S/C13H19FN2O/c1-5-13(17)15-10-6-7-12(11(14)8-10)16(4)9(2)3/h6-9H,5H2,1-4H3,(H,15,17). The van der Waals surface area contributed by atoms with Crippen LogP contribution in [0.25, 0.3) is 0 Å². The molecule has 1 aromatic carbocycles. The molecule has 0 saturated carbocycles. The van der Waals surface area contributed by atoms with Crippen LogP contribution in [0.1, 0.15) is 27.2 Å². The maximum atomic E-state index is 13.8. The molecule has 3 nitrogen and oxygen atoms in total. The van der Waals surface area contributed by atoms with Gasteiger partial charge in [0.2, 0.25) is 5.91 Å². The molecule has 0 heterocycles. The Balaban J connectivity index is 2.90. The molecule has 0 unspecified atom stereocenters. The number of rotatable bonds is 4. The Bertz CT molecular complexity index is 404. The quantitative estimate of drug-likeness (QED) is 0.874.